The molecule has 0 saturated carbocycles. The van der Waals surface area contributed by atoms with Crippen molar-refractivity contribution in [3.05, 3.63) is 47.8 Å². The van der Waals surface area contributed by atoms with Crippen LogP contribution in [0.25, 0.3) is 16.8 Å². The number of carbonyl (C=O) groups is 3. The first kappa shape index (κ1) is 28.2. The summed E-state index contributed by atoms with van der Waals surface area (Å²) in [5.74, 6) is -1.58. The van der Waals surface area contributed by atoms with Crippen molar-refractivity contribution in [1.29, 1.82) is 0 Å². The number of carbonyl (C=O) groups excluding carboxylic acids is 3. The number of nitrogens with zero attached hydrogens (tertiary/aromatic N) is 2. The van der Waals surface area contributed by atoms with E-state index in [4.69, 9.17) is 9.47 Å². The number of hydrogen-bond donors (Lipinski definition) is 3. The fraction of sp³-hybridized carbons (Fsp3) is 0.533. The van der Waals surface area contributed by atoms with Crippen LogP contribution in [0.3, 0.4) is 0 Å². The van der Waals surface area contributed by atoms with Crippen molar-refractivity contribution in [2.24, 2.45) is 11.8 Å². The lowest BCUT2D eigenvalue weighted by molar-refractivity contribution is -0.141. The molecule has 2 fully saturated rings. The van der Waals surface area contributed by atoms with Crippen molar-refractivity contribution < 1.29 is 23.9 Å². The number of benzene rings is 1. The molecule has 5 bridgehead atoms. The summed E-state index contributed by atoms with van der Waals surface area (Å²) in [7, 11) is 0. The van der Waals surface area contributed by atoms with Crippen molar-refractivity contribution in [3.8, 4) is 0 Å². The molecule has 3 N–H and O–H groups in total. The lowest BCUT2D eigenvalue weighted by Crippen LogP contribution is -2.60. The highest BCUT2D eigenvalue weighted by molar-refractivity contribution is 5.93. The second-order valence-corrected chi connectivity index (χ2v) is 11.4. The Morgan fingerprint density at radius 2 is 1.80 bits per heavy atom. The van der Waals surface area contributed by atoms with E-state index in [9.17, 15) is 14.4 Å². The van der Waals surface area contributed by atoms with Crippen molar-refractivity contribution in [2.45, 2.75) is 84.1 Å². The number of epoxide rings is 1. The number of rotatable bonds is 1. The summed E-state index contributed by atoms with van der Waals surface area (Å²) in [5, 5.41) is 9.26. The van der Waals surface area contributed by atoms with Gasteiger partial charge in [0.25, 0.3) is 5.91 Å². The second kappa shape index (κ2) is 11.6. The maximum Gasteiger partial charge on any atom is 0.258 e. The average Bonchev–Trinajstić information content (AvgIpc) is 3.71. The summed E-state index contributed by atoms with van der Waals surface area (Å²) in [6, 6.07) is 6.51. The van der Waals surface area contributed by atoms with E-state index in [2.05, 4.69) is 27.1 Å². The minimum absolute atomic E-state index is 0.0723. The molecule has 0 radical (unpaired) electrons. The van der Waals surface area contributed by atoms with Gasteiger partial charge in [-0.3, -0.25) is 24.4 Å². The third-order valence-corrected chi connectivity index (χ3v) is 7.88. The topological polar surface area (TPSA) is 125 Å². The molecule has 4 heterocycles. The molecule has 10 nitrogen and oxygen atoms in total. The quantitative estimate of drug-likeness (QED) is 0.467. The number of nitrogens with one attached hydrogen (secondary N) is 3. The molecule has 214 valence electrons. The van der Waals surface area contributed by atoms with Gasteiger partial charge in [0.2, 0.25) is 11.8 Å². The Morgan fingerprint density at radius 3 is 2.58 bits per heavy atom. The first-order valence-electron chi connectivity index (χ1n) is 14.2. The van der Waals surface area contributed by atoms with E-state index in [0.717, 1.165) is 34.9 Å². The molecule has 3 aliphatic heterocycles. The number of fused-ring (bicyclic) bond motifs is 6. The summed E-state index contributed by atoms with van der Waals surface area (Å²) in [6.45, 7) is 9.69. The van der Waals surface area contributed by atoms with Gasteiger partial charge in [0.05, 0.1) is 23.8 Å². The molecule has 1 aromatic carbocycles. The van der Waals surface area contributed by atoms with Gasteiger partial charge < -0.3 is 20.1 Å². The zero-order valence-corrected chi connectivity index (χ0v) is 23.7. The Balaban J connectivity index is 1.43. The van der Waals surface area contributed by atoms with Crippen LogP contribution in [0.2, 0.25) is 0 Å². The Morgan fingerprint density at radius 1 is 1.00 bits per heavy atom. The van der Waals surface area contributed by atoms with E-state index in [1.165, 1.54) is 0 Å². The molecule has 0 aliphatic carbocycles. The maximum atomic E-state index is 13.2. The van der Waals surface area contributed by atoms with E-state index < -0.39 is 23.9 Å². The third-order valence-electron chi connectivity index (χ3n) is 7.88. The van der Waals surface area contributed by atoms with Gasteiger partial charge in [0.15, 0.2) is 6.29 Å². The zero-order valence-electron chi connectivity index (χ0n) is 23.7. The third kappa shape index (κ3) is 6.19. The Kier molecular flexibility index (Phi) is 8.21. The van der Waals surface area contributed by atoms with Crippen molar-refractivity contribution in [2.75, 3.05) is 6.54 Å². The minimum Gasteiger partial charge on any atom is -0.344 e. The van der Waals surface area contributed by atoms with E-state index >= 15 is 0 Å². The number of amides is 3. The van der Waals surface area contributed by atoms with Crippen LogP contribution in [-0.4, -0.2) is 64.8 Å². The fourth-order valence-corrected chi connectivity index (χ4v) is 5.26. The Hall–Kier alpha value is -3.34. The van der Waals surface area contributed by atoms with Gasteiger partial charge in [-0.1, -0.05) is 39.0 Å². The number of aromatic nitrogens is 1. The number of ether oxygens (including phenoxy) is 2. The van der Waals surface area contributed by atoms with Gasteiger partial charge in [0.1, 0.15) is 18.2 Å². The van der Waals surface area contributed by atoms with E-state index in [1.54, 1.807) is 24.9 Å². The highest BCUT2D eigenvalue weighted by atomic mass is 16.8. The molecule has 3 aliphatic rings. The predicted molar refractivity (Wildman–Crippen MR) is 150 cm³/mol. The average molecular weight is 550 g/mol. The first-order chi connectivity index (χ1) is 19.1. The lowest BCUT2D eigenvalue weighted by atomic mass is 10.0. The van der Waals surface area contributed by atoms with E-state index in [-0.39, 0.29) is 42.3 Å². The normalized spacial score (nSPS) is 32.7. The molecule has 2 aromatic rings. The molecule has 2 saturated heterocycles. The molecule has 1 aromatic heterocycles. The summed E-state index contributed by atoms with van der Waals surface area (Å²) in [4.78, 5) is 43.9. The minimum atomic E-state index is -0.782. The predicted octanol–water partition coefficient (Wildman–Crippen LogP) is 2.84. The SMILES string of the molecule is CC1/C=C/c2cc3cc(ccc3cn2)[C@@H](C)OC2OC2[C@@H]2CCCN(N2)C(=O)[C@H](C)NC(=O)[C@H](C(C)C)NC1=O. The van der Waals surface area contributed by atoms with Crippen LogP contribution in [0.5, 0.6) is 0 Å². The largest absolute Gasteiger partial charge is 0.344 e. The van der Waals surface area contributed by atoms with Crippen LogP contribution in [0.15, 0.2) is 36.5 Å². The zero-order chi connectivity index (χ0) is 28.6. The fourth-order valence-electron chi connectivity index (χ4n) is 5.26. The molecule has 5 rings (SSSR count). The maximum absolute atomic E-state index is 13.2. The number of pyridine rings is 1. The second-order valence-electron chi connectivity index (χ2n) is 11.4. The van der Waals surface area contributed by atoms with Gasteiger partial charge in [-0.05, 0) is 61.8 Å². The number of hydrogen-bond acceptors (Lipinski definition) is 7. The van der Waals surface area contributed by atoms with Crippen molar-refractivity contribution >= 4 is 34.6 Å². The molecule has 7 atom stereocenters. The van der Waals surface area contributed by atoms with Gasteiger partial charge in [-0.25, -0.2) is 5.43 Å². The molecule has 40 heavy (non-hydrogen) atoms. The molecular weight excluding hydrogens is 510 g/mol. The smallest absolute Gasteiger partial charge is 0.258 e. The van der Waals surface area contributed by atoms with Crippen LogP contribution in [0.1, 0.15) is 64.8 Å². The van der Waals surface area contributed by atoms with Crippen LogP contribution in [-0.2, 0) is 23.9 Å². The summed E-state index contributed by atoms with van der Waals surface area (Å²) < 4.78 is 12.1. The highest BCUT2D eigenvalue weighted by Crippen LogP contribution is 2.35. The Labute approximate surface area is 234 Å². The Bertz CT molecular complexity index is 1310. The van der Waals surface area contributed by atoms with Crippen LogP contribution in [0, 0.1) is 11.8 Å². The molecule has 3 amide bonds. The van der Waals surface area contributed by atoms with E-state index in [0.29, 0.717) is 6.54 Å². The van der Waals surface area contributed by atoms with Gasteiger partial charge >= 0.3 is 0 Å². The standard InChI is InChI=1S/C30H39N5O5/c1-16(2)25-28(37)32-18(4)29(38)35-12-6-7-24(34-35)26-30(40-26)39-19(5)20-9-10-21-15-31-23(14-22(21)13-20)11-8-17(3)27(36)33-25/h8-11,13-19,24-26,30,34H,6-7,12H2,1-5H3,(H,32,37)(H,33,36)/b11-8+/t17?,18-,19+,24-,25-,26?,30?/m0/s1. The monoisotopic (exact) mass is 549 g/mol. The molecule has 3 unspecified atom stereocenters. The van der Waals surface area contributed by atoms with Crippen LogP contribution in [0.4, 0.5) is 0 Å². The summed E-state index contributed by atoms with van der Waals surface area (Å²) in [6.07, 6.45) is 6.34. The van der Waals surface area contributed by atoms with Crippen molar-refractivity contribution in [1.82, 2.24) is 26.1 Å². The molecule has 0 spiro atoms. The first-order valence-corrected chi connectivity index (χ1v) is 14.2. The van der Waals surface area contributed by atoms with Crippen LogP contribution >= 0.6 is 0 Å². The van der Waals surface area contributed by atoms with Gasteiger partial charge in [-0.15, -0.1) is 0 Å². The molecular formula is C30H39N5O5. The van der Waals surface area contributed by atoms with Gasteiger partial charge in [-0.2, -0.15) is 0 Å². The number of hydrazine groups is 1. The molecule has 10 heteroatoms. The highest BCUT2D eigenvalue weighted by Gasteiger charge is 2.48. The summed E-state index contributed by atoms with van der Waals surface area (Å²) >= 11 is 0. The van der Waals surface area contributed by atoms with Crippen molar-refractivity contribution in [3.63, 3.8) is 0 Å². The summed E-state index contributed by atoms with van der Waals surface area (Å²) in [5.41, 5.74) is 5.04. The van der Waals surface area contributed by atoms with Crippen LogP contribution < -0.4 is 16.1 Å². The van der Waals surface area contributed by atoms with E-state index in [1.807, 2.05) is 51.2 Å². The lowest BCUT2D eigenvalue weighted by Gasteiger charge is -2.35. The van der Waals surface area contributed by atoms with Gasteiger partial charge in [0, 0.05) is 18.1 Å².